The van der Waals surface area contributed by atoms with Crippen molar-refractivity contribution in [2.24, 2.45) is 0 Å². The van der Waals surface area contributed by atoms with Crippen LogP contribution in [0.25, 0.3) is 10.9 Å². The van der Waals surface area contributed by atoms with Crippen molar-refractivity contribution in [1.82, 2.24) is 9.97 Å². The van der Waals surface area contributed by atoms with E-state index in [1.54, 1.807) is 7.11 Å². The number of rotatable bonds is 3. The zero-order valence-electron chi connectivity index (χ0n) is 11.7. The van der Waals surface area contributed by atoms with Crippen LogP contribution < -0.4 is 16.2 Å². The van der Waals surface area contributed by atoms with Gasteiger partial charge in [0.1, 0.15) is 11.6 Å². The summed E-state index contributed by atoms with van der Waals surface area (Å²) in [7, 11) is 1.65. The highest BCUT2D eigenvalue weighted by Gasteiger charge is 2.09. The van der Waals surface area contributed by atoms with Gasteiger partial charge in [0.25, 0.3) is 0 Å². The molecule has 21 heavy (non-hydrogen) atoms. The van der Waals surface area contributed by atoms with Crippen molar-refractivity contribution in [3.8, 4) is 5.75 Å². The Morgan fingerprint density at radius 2 is 1.76 bits per heavy atom. The van der Waals surface area contributed by atoms with Crippen LogP contribution in [0.5, 0.6) is 5.75 Å². The Balaban J connectivity index is 2.03. The highest BCUT2D eigenvalue weighted by molar-refractivity contribution is 5.92. The van der Waals surface area contributed by atoms with Crippen molar-refractivity contribution in [2.75, 3.05) is 18.6 Å². The van der Waals surface area contributed by atoms with Crippen molar-refractivity contribution in [1.29, 1.82) is 0 Å². The maximum Gasteiger partial charge on any atom is 0.222 e. The zero-order chi connectivity index (χ0) is 14.8. The molecule has 4 N–H and O–H groups in total. The van der Waals surface area contributed by atoms with Crippen LogP contribution in [0.4, 0.5) is 11.8 Å². The smallest absolute Gasteiger partial charge is 0.222 e. The highest BCUT2D eigenvalue weighted by Crippen LogP contribution is 2.25. The summed E-state index contributed by atoms with van der Waals surface area (Å²) >= 11 is 0. The second-order valence-corrected chi connectivity index (χ2v) is 4.80. The Morgan fingerprint density at radius 1 is 1.00 bits per heavy atom. The van der Waals surface area contributed by atoms with Crippen LogP contribution in [0, 0.1) is 0 Å². The summed E-state index contributed by atoms with van der Waals surface area (Å²) < 4.78 is 5.17. The van der Waals surface area contributed by atoms with Crippen LogP contribution in [0.1, 0.15) is 11.1 Å². The number of ether oxygens (including phenoxy) is 1. The zero-order valence-corrected chi connectivity index (χ0v) is 11.7. The molecule has 0 spiro atoms. The lowest BCUT2D eigenvalue weighted by atomic mass is 10.0. The molecular weight excluding hydrogens is 264 g/mol. The van der Waals surface area contributed by atoms with Crippen molar-refractivity contribution in [3.63, 3.8) is 0 Å². The summed E-state index contributed by atoms with van der Waals surface area (Å²) in [6.07, 6.45) is 0.749. The van der Waals surface area contributed by atoms with Gasteiger partial charge in [-0.2, -0.15) is 4.98 Å². The molecule has 0 bridgehead atoms. The molecule has 106 valence electrons. The third kappa shape index (κ3) is 2.58. The van der Waals surface area contributed by atoms with Gasteiger partial charge in [0.05, 0.1) is 12.6 Å². The Hall–Kier alpha value is -2.82. The molecule has 1 aromatic heterocycles. The Morgan fingerprint density at radius 3 is 2.48 bits per heavy atom. The first-order chi connectivity index (χ1) is 10.2. The van der Waals surface area contributed by atoms with Crippen LogP contribution in [0.3, 0.4) is 0 Å². The van der Waals surface area contributed by atoms with E-state index in [1.807, 2.05) is 42.5 Å². The van der Waals surface area contributed by atoms with Gasteiger partial charge >= 0.3 is 0 Å². The van der Waals surface area contributed by atoms with Crippen molar-refractivity contribution in [2.45, 2.75) is 6.42 Å². The molecule has 0 atom stereocenters. The molecule has 2 aromatic carbocycles. The Labute approximate surface area is 122 Å². The van der Waals surface area contributed by atoms with Gasteiger partial charge in [0.15, 0.2) is 0 Å². The van der Waals surface area contributed by atoms with Gasteiger partial charge in [-0.15, -0.1) is 0 Å². The molecule has 3 rings (SSSR count). The Bertz CT molecular complexity index is 784. The molecule has 0 aliphatic rings. The minimum Gasteiger partial charge on any atom is -0.497 e. The molecule has 5 heteroatoms. The number of anilines is 2. The predicted molar refractivity (Wildman–Crippen MR) is 84.2 cm³/mol. The van der Waals surface area contributed by atoms with Gasteiger partial charge in [-0.25, -0.2) is 4.98 Å². The molecule has 0 fully saturated rings. The largest absolute Gasteiger partial charge is 0.497 e. The number of aromatic nitrogens is 2. The molecule has 0 aliphatic carbocycles. The fourth-order valence-electron chi connectivity index (χ4n) is 2.41. The van der Waals surface area contributed by atoms with Gasteiger partial charge in [-0.1, -0.05) is 24.3 Å². The second-order valence-electron chi connectivity index (χ2n) is 4.80. The lowest BCUT2D eigenvalue weighted by molar-refractivity contribution is 0.414. The Kier molecular flexibility index (Phi) is 3.31. The second kappa shape index (κ2) is 5.28. The summed E-state index contributed by atoms with van der Waals surface area (Å²) in [5.74, 6) is 1.45. The van der Waals surface area contributed by atoms with E-state index in [2.05, 4.69) is 9.97 Å². The standard InChI is InChI=1S/C16H16N4O/c1-21-12-7-5-10(6-8-12)9-11-3-2-4-13-14(11)15(17)20-16(18)19-13/h2-8H,9H2,1H3,(H4,17,18,19,20). The summed E-state index contributed by atoms with van der Waals surface area (Å²) in [4.78, 5) is 8.29. The third-order valence-electron chi connectivity index (χ3n) is 3.41. The van der Waals surface area contributed by atoms with Crippen molar-refractivity contribution >= 4 is 22.7 Å². The van der Waals surface area contributed by atoms with E-state index in [1.165, 1.54) is 5.56 Å². The lowest BCUT2D eigenvalue weighted by Crippen LogP contribution is -2.02. The number of nitrogen functional groups attached to an aromatic ring is 2. The minimum atomic E-state index is 0.196. The number of methoxy groups -OCH3 is 1. The summed E-state index contributed by atoms with van der Waals surface area (Å²) in [6.45, 7) is 0. The van der Waals surface area contributed by atoms with E-state index >= 15 is 0 Å². The minimum absolute atomic E-state index is 0.196. The third-order valence-corrected chi connectivity index (χ3v) is 3.41. The molecule has 0 unspecified atom stereocenters. The van der Waals surface area contributed by atoms with Gasteiger partial charge in [0.2, 0.25) is 5.95 Å². The summed E-state index contributed by atoms with van der Waals surface area (Å²) in [6, 6.07) is 13.8. The van der Waals surface area contributed by atoms with Gasteiger partial charge in [0, 0.05) is 5.39 Å². The first-order valence-corrected chi connectivity index (χ1v) is 6.61. The van der Waals surface area contributed by atoms with Gasteiger partial charge in [-0.3, -0.25) is 0 Å². The van der Waals surface area contributed by atoms with Gasteiger partial charge < -0.3 is 16.2 Å². The molecule has 5 nitrogen and oxygen atoms in total. The molecule has 0 saturated heterocycles. The van der Waals surface area contributed by atoms with Gasteiger partial charge in [-0.05, 0) is 35.7 Å². The monoisotopic (exact) mass is 280 g/mol. The molecule has 0 aliphatic heterocycles. The van der Waals surface area contributed by atoms with Crippen LogP contribution in [0.15, 0.2) is 42.5 Å². The highest BCUT2D eigenvalue weighted by atomic mass is 16.5. The van der Waals surface area contributed by atoms with E-state index < -0.39 is 0 Å². The maximum absolute atomic E-state index is 6.01. The van der Waals surface area contributed by atoms with Crippen LogP contribution in [0.2, 0.25) is 0 Å². The fourth-order valence-corrected chi connectivity index (χ4v) is 2.41. The molecule has 0 saturated carbocycles. The molecule has 3 aromatic rings. The van der Waals surface area contributed by atoms with E-state index in [-0.39, 0.29) is 5.95 Å². The number of hydrogen-bond donors (Lipinski definition) is 2. The van der Waals surface area contributed by atoms with E-state index in [9.17, 15) is 0 Å². The number of fused-ring (bicyclic) bond motifs is 1. The summed E-state index contributed by atoms with van der Waals surface area (Å²) in [5.41, 5.74) is 14.7. The molecule has 0 amide bonds. The van der Waals surface area contributed by atoms with Crippen LogP contribution >= 0.6 is 0 Å². The molecule has 0 radical (unpaired) electrons. The number of benzene rings is 2. The van der Waals surface area contributed by atoms with Crippen molar-refractivity contribution in [3.05, 3.63) is 53.6 Å². The van der Waals surface area contributed by atoms with E-state index in [0.29, 0.717) is 5.82 Å². The van der Waals surface area contributed by atoms with E-state index in [4.69, 9.17) is 16.2 Å². The quantitative estimate of drug-likeness (QED) is 0.769. The molecule has 1 heterocycles. The van der Waals surface area contributed by atoms with E-state index in [0.717, 1.165) is 28.6 Å². The normalized spacial score (nSPS) is 10.7. The van der Waals surface area contributed by atoms with Crippen LogP contribution in [-0.4, -0.2) is 17.1 Å². The first kappa shape index (κ1) is 13.2. The average molecular weight is 280 g/mol. The maximum atomic E-state index is 6.01. The lowest BCUT2D eigenvalue weighted by Gasteiger charge is -2.09. The molecular formula is C16H16N4O. The van der Waals surface area contributed by atoms with Crippen molar-refractivity contribution < 1.29 is 4.74 Å². The average Bonchev–Trinajstić information content (AvgIpc) is 2.47. The number of hydrogen-bond acceptors (Lipinski definition) is 5. The van der Waals surface area contributed by atoms with Crippen LogP contribution in [-0.2, 0) is 6.42 Å². The fraction of sp³-hybridized carbons (Fsp3) is 0.125. The topological polar surface area (TPSA) is 87.0 Å². The summed E-state index contributed by atoms with van der Waals surface area (Å²) in [5, 5.41) is 0.863. The number of nitrogens with two attached hydrogens (primary N) is 2. The predicted octanol–water partition coefficient (Wildman–Crippen LogP) is 2.39. The number of nitrogens with zero attached hydrogens (tertiary/aromatic N) is 2. The SMILES string of the molecule is COc1ccc(Cc2cccc3nc(N)nc(N)c23)cc1. The first-order valence-electron chi connectivity index (χ1n) is 6.61.